The SMILES string of the molecule is CCOC(=O)C(=CC(CCC=C(C)C)O[Si](c1ccccc1)(c1ccccc1)C(C)(C)C)C(=O)OCC. The number of hydrogen-bond acceptors (Lipinski definition) is 5. The van der Waals surface area contributed by atoms with Gasteiger partial charge in [0, 0.05) is 0 Å². The van der Waals surface area contributed by atoms with Gasteiger partial charge in [0.25, 0.3) is 8.32 Å². The van der Waals surface area contributed by atoms with E-state index < -0.39 is 26.4 Å². The van der Waals surface area contributed by atoms with Crippen molar-refractivity contribution in [3.63, 3.8) is 0 Å². The van der Waals surface area contributed by atoms with Crippen LogP contribution in [0.3, 0.4) is 0 Å². The molecule has 6 heteroatoms. The third-order valence-electron chi connectivity index (χ3n) is 6.09. The summed E-state index contributed by atoms with van der Waals surface area (Å²) in [5, 5.41) is 2.00. The van der Waals surface area contributed by atoms with Crippen molar-refractivity contribution in [1.29, 1.82) is 0 Å². The second-order valence-electron chi connectivity index (χ2n) is 10.2. The van der Waals surface area contributed by atoms with Crippen LogP contribution < -0.4 is 10.4 Å². The van der Waals surface area contributed by atoms with Crippen LogP contribution in [0.2, 0.25) is 5.04 Å². The Morgan fingerprint density at radius 2 is 1.30 bits per heavy atom. The molecule has 0 spiro atoms. The van der Waals surface area contributed by atoms with Gasteiger partial charge in [0.15, 0.2) is 0 Å². The highest BCUT2D eigenvalue weighted by atomic mass is 28.4. The summed E-state index contributed by atoms with van der Waals surface area (Å²) in [6.07, 6.45) is 4.57. The molecule has 5 nitrogen and oxygen atoms in total. The summed E-state index contributed by atoms with van der Waals surface area (Å²) in [7, 11) is -2.93. The van der Waals surface area contributed by atoms with Gasteiger partial charge >= 0.3 is 11.9 Å². The van der Waals surface area contributed by atoms with Crippen LogP contribution in [0.15, 0.2) is 84.0 Å². The van der Waals surface area contributed by atoms with Gasteiger partial charge in [0.05, 0.1) is 19.3 Å². The van der Waals surface area contributed by atoms with Crippen molar-refractivity contribution in [2.75, 3.05) is 13.2 Å². The summed E-state index contributed by atoms with van der Waals surface area (Å²) in [6.45, 7) is 14.5. The zero-order valence-electron chi connectivity index (χ0n) is 23.4. The van der Waals surface area contributed by atoms with E-state index in [4.69, 9.17) is 13.9 Å². The molecule has 0 aliphatic rings. The first kappa shape index (κ1) is 30.3. The molecule has 37 heavy (non-hydrogen) atoms. The van der Waals surface area contributed by atoms with Gasteiger partial charge in [-0.2, -0.15) is 0 Å². The third kappa shape index (κ3) is 8.01. The van der Waals surface area contributed by atoms with E-state index >= 15 is 0 Å². The normalized spacial score (nSPS) is 12.3. The van der Waals surface area contributed by atoms with E-state index in [0.717, 1.165) is 16.8 Å². The third-order valence-corrected chi connectivity index (χ3v) is 11.2. The number of esters is 2. The van der Waals surface area contributed by atoms with E-state index in [1.807, 2.05) is 36.4 Å². The molecule has 2 aromatic rings. The molecule has 0 amide bonds. The highest BCUT2D eigenvalue weighted by Gasteiger charge is 2.51. The van der Waals surface area contributed by atoms with Crippen molar-refractivity contribution >= 4 is 30.6 Å². The van der Waals surface area contributed by atoms with Crippen molar-refractivity contribution < 1.29 is 23.5 Å². The molecule has 0 aliphatic carbocycles. The van der Waals surface area contributed by atoms with E-state index in [-0.39, 0.29) is 23.8 Å². The number of hydrogen-bond donors (Lipinski definition) is 0. The minimum atomic E-state index is -2.93. The van der Waals surface area contributed by atoms with Crippen molar-refractivity contribution in [1.82, 2.24) is 0 Å². The Labute approximate surface area is 223 Å². The van der Waals surface area contributed by atoms with Crippen LogP contribution in [-0.4, -0.2) is 39.6 Å². The Hall–Kier alpha value is -2.96. The van der Waals surface area contributed by atoms with Crippen LogP contribution in [0.1, 0.15) is 61.3 Å². The lowest BCUT2D eigenvalue weighted by Crippen LogP contribution is -2.67. The van der Waals surface area contributed by atoms with E-state index in [1.54, 1.807) is 19.9 Å². The van der Waals surface area contributed by atoms with Gasteiger partial charge in [-0.05, 0) is 62.0 Å². The molecule has 0 radical (unpaired) electrons. The highest BCUT2D eigenvalue weighted by molar-refractivity contribution is 6.99. The molecule has 1 unspecified atom stereocenters. The molecule has 2 aromatic carbocycles. The lowest BCUT2D eigenvalue weighted by Gasteiger charge is -2.45. The van der Waals surface area contributed by atoms with Crippen LogP contribution in [0, 0.1) is 0 Å². The number of ether oxygens (including phenoxy) is 2. The van der Waals surface area contributed by atoms with Gasteiger partial charge in [0.2, 0.25) is 0 Å². The average molecular weight is 523 g/mol. The topological polar surface area (TPSA) is 61.8 Å². The second-order valence-corrected chi connectivity index (χ2v) is 14.5. The van der Waals surface area contributed by atoms with E-state index in [2.05, 4.69) is 65.0 Å². The number of carbonyl (C=O) groups is 2. The Morgan fingerprint density at radius 1 is 0.838 bits per heavy atom. The van der Waals surface area contributed by atoms with Crippen LogP contribution in [0.5, 0.6) is 0 Å². The van der Waals surface area contributed by atoms with Gasteiger partial charge in [-0.15, -0.1) is 0 Å². The summed E-state index contributed by atoms with van der Waals surface area (Å²) < 4.78 is 17.7. The average Bonchev–Trinajstić information content (AvgIpc) is 2.85. The zero-order valence-corrected chi connectivity index (χ0v) is 24.4. The Morgan fingerprint density at radius 3 is 1.68 bits per heavy atom. The van der Waals surface area contributed by atoms with E-state index in [0.29, 0.717) is 6.42 Å². The van der Waals surface area contributed by atoms with Gasteiger partial charge in [0.1, 0.15) is 5.57 Å². The Kier molecular flexibility index (Phi) is 11.5. The number of rotatable bonds is 12. The molecule has 0 saturated heterocycles. The van der Waals surface area contributed by atoms with Crippen LogP contribution in [0.25, 0.3) is 0 Å². The first-order valence-electron chi connectivity index (χ1n) is 13.0. The summed E-state index contributed by atoms with van der Waals surface area (Å²) in [6, 6.07) is 20.6. The molecule has 0 bridgehead atoms. The number of carbonyl (C=O) groups excluding carboxylic acids is 2. The number of benzene rings is 2. The fraction of sp³-hybridized carbons (Fsp3) is 0.419. The maximum absolute atomic E-state index is 12.8. The molecular weight excluding hydrogens is 480 g/mol. The van der Waals surface area contributed by atoms with E-state index in [9.17, 15) is 9.59 Å². The predicted octanol–water partition coefficient (Wildman–Crippen LogP) is 5.73. The lowest BCUT2D eigenvalue weighted by molar-refractivity contribution is -0.146. The summed E-state index contributed by atoms with van der Waals surface area (Å²) in [5.74, 6) is -1.39. The smallest absolute Gasteiger partial charge is 0.345 e. The first-order chi connectivity index (χ1) is 17.6. The molecule has 200 valence electrons. The summed E-state index contributed by atoms with van der Waals surface area (Å²) in [4.78, 5) is 25.7. The summed E-state index contributed by atoms with van der Waals surface area (Å²) >= 11 is 0. The highest BCUT2D eigenvalue weighted by Crippen LogP contribution is 2.38. The van der Waals surface area contributed by atoms with Crippen molar-refractivity contribution in [2.24, 2.45) is 0 Å². The molecule has 0 N–H and O–H groups in total. The minimum Gasteiger partial charge on any atom is -0.462 e. The monoisotopic (exact) mass is 522 g/mol. The molecule has 0 heterocycles. The Bertz CT molecular complexity index is 1000. The van der Waals surface area contributed by atoms with E-state index in [1.165, 1.54) is 5.57 Å². The minimum absolute atomic E-state index is 0.121. The van der Waals surface area contributed by atoms with Gasteiger partial charge in [-0.3, -0.25) is 0 Å². The van der Waals surface area contributed by atoms with Gasteiger partial charge in [-0.1, -0.05) is 93.1 Å². The maximum Gasteiger partial charge on any atom is 0.345 e. The molecule has 0 aliphatic heterocycles. The molecule has 1 atom stereocenters. The largest absolute Gasteiger partial charge is 0.462 e. The fourth-order valence-corrected chi connectivity index (χ4v) is 9.11. The number of allylic oxidation sites excluding steroid dienone is 2. The molecule has 2 rings (SSSR count). The first-order valence-corrected chi connectivity index (χ1v) is 15.0. The quantitative estimate of drug-likeness (QED) is 0.0890. The van der Waals surface area contributed by atoms with Crippen molar-refractivity contribution in [3.05, 3.63) is 84.0 Å². The van der Waals surface area contributed by atoms with Crippen LogP contribution >= 0.6 is 0 Å². The molecule has 0 aromatic heterocycles. The second kappa shape index (κ2) is 14.1. The molecule has 0 fully saturated rings. The van der Waals surface area contributed by atoms with Gasteiger partial charge < -0.3 is 13.9 Å². The van der Waals surface area contributed by atoms with Crippen LogP contribution in [0.4, 0.5) is 0 Å². The predicted molar refractivity (Wildman–Crippen MR) is 153 cm³/mol. The molecular formula is C31H42O5Si. The van der Waals surface area contributed by atoms with Crippen molar-refractivity contribution in [3.8, 4) is 0 Å². The fourth-order valence-electron chi connectivity index (χ4n) is 4.45. The Balaban J connectivity index is 2.75. The molecule has 0 saturated carbocycles. The standard InChI is InChI=1S/C31H42O5Si/c1-8-34-29(32)28(30(33)35-9-2)23-25(18-16-17-24(3)4)36-37(31(5,6)7,26-19-12-10-13-20-26)27-21-14-11-15-22-27/h10-15,17,19-23,25H,8-9,16,18H2,1-7H3. The van der Waals surface area contributed by atoms with Crippen molar-refractivity contribution in [2.45, 2.75) is 72.5 Å². The summed E-state index contributed by atoms with van der Waals surface area (Å²) in [5.41, 5.74) is 1.08. The lowest BCUT2D eigenvalue weighted by atomic mass is 10.1. The van der Waals surface area contributed by atoms with Gasteiger partial charge in [-0.25, -0.2) is 9.59 Å². The zero-order chi connectivity index (χ0) is 27.5. The maximum atomic E-state index is 12.8. The van der Waals surface area contributed by atoms with Crippen LogP contribution in [-0.2, 0) is 23.5 Å².